The third-order valence-corrected chi connectivity index (χ3v) is 20.1. The predicted octanol–water partition coefficient (Wildman–Crippen LogP) is 16.3. The maximum atomic E-state index is 11.3. The van der Waals surface area contributed by atoms with Gasteiger partial charge in [0.05, 0.1) is 48.1 Å². The number of hydrogen-bond acceptors (Lipinski definition) is 13. The summed E-state index contributed by atoms with van der Waals surface area (Å²) in [5.74, 6) is 6.88. The molecule has 18 atom stereocenters. The van der Waals surface area contributed by atoms with E-state index in [2.05, 4.69) is 0 Å². The zero-order chi connectivity index (χ0) is 61.0. The maximum absolute atomic E-state index is 11.3. The van der Waals surface area contributed by atoms with Crippen molar-refractivity contribution >= 4 is 22.1 Å². The van der Waals surface area contributed by atoms with Gasteiger partial charge in [0.1, 0.15) is 18.3 Å². The molecule has 0 spiro atoms. The van der Waals surface area contributed by atoms with Gasteiger partial charge in [0, 0.05) is 64.5 Å². The van der Waals surface area contributed by atoms with E-state index in [1.54, 1.807) is 0 Å². The van der Waals surface area contributed by atoms with E-state index in [9.17, 15) is 18.0 Å². The Labute approximate surface area is 504 Å². The summed E-state index contributed by atoms with van der Waals surface area (Å²) in [5, 5.41) is -0.133. The molecule has 14 heteroatoms. The van der Waals surface area contributed by atoms with Crippen molar-refractivity contribution in [2.45, 2.75) is 313 Å². The maximum Gasteiger partial charge on any atom is 0.312 e. The molecule has 0 aromatic heterocycles. The van der Waals surface area contributed by atoms with Crippen molar-refractivity contribution in [3.63, 3.8) is 0 Å². The first kappa shape index (κ1) is 76.7. The topological polar surface area (TPSA) is 151 Å². The van der Waals surface area contributed by atoms with E-state index in [-0.39, 0.29) is 41.4 Å². The molecule has 13 nitrogen and oxygen atoms in total. The van der Waals surface area contributed by atoms with E-state index in [0.29, 0.717) is 48.1 Å². The second-order valence-corrected chi connectivity index (χ2v) is 24.7. The fraction of sp³-hybridized carbons (Fsp3) is 0.971. The van der Waals surface area contributed by atoms with Gasteiger partial charge < -0.3 is 37.9 Å². The Balaban J connectivity index is 0.000000312. The molecule has 17 aliphatic rings. The smallest absolute Gasteiger partial charge is 0.312 e. The van der Waals surface area contributed by atoms with E-state index in [4.69, 9.17) is 42.1 Å². The summed E-state index contributed by atoms with van der Waals surface area (Å²) in [6.45, 7) is 40.1. The van der Waals surface area contributed by atoms with Crippen LogP contribution in [0.15, 0.2) is 0 Å². The van der Waals surface area contributed by atoms with Crippen LogP contribution in [0.2, 0.25) is 0 Å². The first-order valence-electron chi connectivity index (χ1n) is 35.2. The van der Waals surface area contributed by atoms with Crippen molar-refractivity contribution in [2.24, 2.45) is 59.2 Å². The van der Waals surface area contributed by atoms with Crippen LogP contribution in [0.1, 0.15) is 265 Å². The van der Waals surface area contributed by atoms with Crippen LogP contribution >= 0.6 is 0 Å². The number of hydrogen-bond donors (Lipinski definition) is 0. The Morgan fingerprint density at radius 2 is 0.854 bits per heavy atom. The first-order chi connectivity index (χ1) is 40.2. The van der Waals surface area contributed by atoms with Gasteiger partial charge in [-0.3, -0.25) is 13.8 Å². The predicted molar refractivity (Wildman–Crippen MR) is 334 cm³/mol. The van der Waals surface area contributed by atoms with E-state index in [1.165, 1.54) is 109 Å². The standard InChI is InChI=1S/C8H10O2.C8H12O.C7H10O3S.C7H8O3.C7H12O.C6H12O.C5H10O.C4H8O.8C2H6/c9-8-6-2-4-1-5(6)7(3-4)10-8;1-5-2-7-6(1)4-9-8(7)3-5;8-11(9)7-3-4-1-5(7)6(2-4)10-11;8-7-4-1-3-2-5(10-7)6(4)9-3;1-2-6-4-7(3-1)8-5-6;1-2-4-6-7-5-3-1;1-2-4-6-5-3-1;1-2-4-5-3-1;8*1-2/h4-7H,1-3H2;5-8H,1-4H2;4-7H,1-3H2;3-6H,1-2H2;6-7H,1-5H2;1-6H2;1-5H2;1-4H2;8*1-2H3. The van der Waals surface area contributed by atoms with E-state index >= 15 is 0 Å². The minimum atomic E-state index is -3.13. The summed E-state index contributed by atoms with van der Waals surface area (Å²) >= 11 is 0. The van der Waals surface area contributed by atoms with Crippen LogP contribution < -0.4 is 0 Å². The highest BCUT2D eigenvalue weighted by Crippen LogP contribution is 2.56. The highest BCUT2D eigenvalue weighted by atomic mass is 32.2. The van der Waals surface area contributed by atoms with Crippen molar-refractivity contribution in [1.29, 1.82) is 0 Å². The summed E-state index contributed by atoms with van der Waals surface area (Å²) in [4.78, 5) is 22.1. The molecule has 0 N–H and O–H groups in total. The van der Waals surface area contributed by atoms with Crippen LogP contribution in [0.4, 0.5) is 0 Å². The number of esters is 2. The van der Waals surface area contributed by atoms with E-state index in [0.717, 1.165) is 127 Å². The third-order valence-electron chi connectivity index (χ3n) is 18.3. The fourth-order valence-corrected chi connectivity index (χ4v) is 17.0. The van der Waals surface area contributed by atoms with E-state index < -0.39 is 10.1 Å². The third kappa shape index (κ3) is 23.0. The van der Waals surface area contributed by atoms with Gasteiger partial charge in [-0.15, -0.1) is 0 Å². The summed E-state index contributed by atoms with van der Waals surface area (Å²) < 4.78 is 69.6. The molecule has 10 saturated heterocycles. The van der Waals surface area contributed by atoms with Gasteiger partial charge in [-0.2, -0.15) is 8.42 Å². The van der Waals surface area contributed by atoms with Crippen LogP contribution in [-0.2, 0) is 61.8 Å². The Hall–Kier alpha value is -1.39. The van der Waals surface area contributed by atoms with Crippen LogP contribution in [0.25, 0.3) is 0 Å². The van der Waals surface area contributed by atoms with Gasteiger partial charge in [-0.25, -0.2) is 0 Å². The molecule has 18 unspecified atom stereocenters. The molecule has 10 aliphatic heterocycles. The number of carbonyl (C=O) groups is 2. The Bertz CT molecular complexity index is 1590. The molecule has 82 heavy (non-hydrogen) atoms. The second-order valence-electron chi connectivity index (χ2n) is 22.9. The largest absolute Gasteiger partial charge is 0.462 e. The van der Waals surface area contributed by atoms with Crippen LogP contribution in [0, 0.1) is 59.2 Å². The molecule has 7 saturated carbocycles. The number of carbonyl (C=O) groups excluding carboxylic acids is 2. The average molecular weight is 1190 g/mol. The molecule has 0 radical (unpaired) electrons. The van der Waals surface area contributed by atoms with Gasteiger partial charge in [0.15, 0.2) is 0 Å². The normalized spacial score (nSPS) is 38.2. The molecule has 7 aliphatic carbocycles. The Morgan fingerprint density at radius 1 is 0.366 bits per heavy atom. The van der Waals surface area contributed by atoms with Crippen molar-refractivity contribution in [3.8, 4) is 0 Å². The van der Waals surface area contributed by atoms with E-state index in [1.807, 2.05) is 111 Å². The van der Waals surface area contributed by atoms with Crippen LogP contribution in [0.3, 0.4) is 0 Å². The fourth-order valence-electron chi connectivity index (χ4n) is 15.0. The monoisotopic (exact) mass is 1190 g/mol. The summed E-state index contributed by atoms with van der Waals surface area (Å²) in [5.41, 5.74) is 0. The van der Waals surface area contributed by atoms with Crippen LogP contribution in [0.5, 0.6) is 0 Å². The lowest BCUT2D eigenvalue weighted by Gasteiger charge is -2.14. The second kappa shape index (κ2) is 44.1. The van der Waals surface area contributed by atoms with Gasteiger partial charge >= 0.3 is 11.9 Å². The quantitative estimate of drug-likeness (QED) is 0.167. The lowest BCUT2D eigenvalue weighted by atomic mass is 9.90. The minimum Gasteiger partial charge on any atom is -0.462 e. The van der Waals surface area contributed by atoms with Crippen LogP contribution in [-0.4, -0.2) is 121 Å². The molecule has 10 heterocycles. The van der Waals surface area contributed by atoms with Gasteiger partial charge in [0.2, 0.25) is 0 Å². The zero-order valence-electron chi connectivity index (χ0n) is 55.7. The molecule has 10 bridgehead atoms. The number of ether oxygens (including phenoxy) is 8. The Kier molecular flexibility index (Phi) is 41.3. The lowest BCUT2D eigenvalue weighted by molar-refractivity contribution is -0.144. The molecule has 0 aromatic carbocycles. The van der Waals surface area contributed by atoms with Crippen molar-refractivity contribution < 1.29 is 60.1 Å². The van der Waals surface area contributed by atoms with Crippen molar-refractivity contribution in [3.05, 3.63) is 0 Å². The first-order valence-corrected chi connectivity index (χ1v) is 36.7. The molecular weight excluding hydrogens is 1060 g/mol. The van der Waals surface area contributed by atoms with Gasteiger partial charge in [-0.1, -0.05) is 130 Å². The summed E-state index contributed by atoms with van der Waals surface area (Å²) in [6.07, 6.45) is 32.3. The molecule has 17 rings (SSSR count). The molecule has 17 fully saturated rings. The molecule has 0 amide bonds. The molecule has 0 aromatic rings. The highest BCUT2D eigenvalue weighted by molar-refractivity contribution is 7.87. The summed E-state index contributed by atoms with van der Waals surface area (Å²) in [6, 6.07) is 0. The van der Waals surface area contributed by atoms with Gasteiger partial charge in [-0.05, 0) is 164 Å². The lowest BCUT2D eigenvalue weighted by Crippen LogP contribution is -2.22. The zero-order valence-corrected chi connectivity index (χ0v) is 56.6. The average Bonchev–Trinajstić information content (AvgIpc) is 4.39. The highest BCUT2D eigenvalue weighted by Gasteiger charge is 2.60. The minimum absolute atomic E-state index is 0.0324. The van der Waals surface area contributed by atoms with Crippen molar-refractivity contribution in [2.75, 3.05) is 52.9 Å². The summed E-state index contributed by atoms with van der Waals surface area (Å²) in [7, 11) is -3.13. The number of fused-ring (bicyclic) bond motifs is 6. The molecule has 486 valence electrons. The molecular formula is C68H130O13S. The Morgan fingerprint density at radius 3 is 1.27 bits per heavy atom. The van der Waals surface area contributed by atoms with Crippen molar-refractivity contribution in [1.82, 2.24) is 0 Å². The number of rotatable bonds is 0. The SMILES string of the molecule is C1CC2COC(C1)C2.C1CCCOCC1.C1CCOC1.C1CCOCC1.C1OC2CC3CC1C2C3.CC.CC.CC.CC.CC.CC.CC.CC.O=C1OC2CC3CC1C2C3.O=C1OC2CC3CC1C2O3.O=S1(=O)OC2CC3CC2C1C3. The van der Waals surface area contributed by atoms with Gasteiger partial charge in [0.25, 0.3) is 10.1 Å².